The Morgan fingerprint density at radius 3 is 3.00 bits per heavy atom. The van der Waals surface area contributed by atoms with Crippen LogP contribution in [0.4, 0.5) is 10.2 Å². The molecule has 0 amide bonds. The van der Waals surface area contributed by atoms with Gasteiger partial charge in [-0.3, -0.25) is 0 Å². The van der Waals surface area contributed by atoms with Gasteiger partial charge in [-0.05, 0) is 19.3 Å². The zero-order valence-corrected chi connectivity index (χ0v) is 8.61. The van der Waals surface area contributed by atoms with Crippen LogP contribution in [0.15, 0.2) is 12.4 Å². The van der Waals surface area contributed by atoms with Crippen LogP contribution >= 0.6 is 0 Å². The molecular weight excluding hydrogens is 197 g/mol. The molecule has 0 aromatic carbocycles. The van der Waals surface area contributed by atoms with Crippen molar-refractivity contribution in [2.75, 3.05) is 12.4 Å². The summed E-state index contributed by atoms with van der Waals surface area (Å²) in [4.78, 5) is 7.35. The largest absolute Gasteiger partial charge is 0.381 e. The number of rotatable bonds is 3. The Kier molecular flexibility index (Phi) is 3.11. The van der Waals surface area contributed by atoms with E-state index in [1.165, 1.54) is 12.4 Å². The number of hydrogen-bond donors (Lipinski definition) is 1. The van der Waals surface area contributed by atoms with Crippen molar-refractivity contribution in [3.8, 4) is 0 Å². The highest BCUT2D eigenvalue weighted by atomic mass is 19.1. The molecule has 1 fully saturated rings. The summed E-state index contributed by atoms with van der Waals surface area (Å²) >= 11 is 0. The summed E-state index contributed by atoms with van der Waals surface area (Å²) < 4.78 is 18.0. The second kappa shape index (κ2) is 4.53. The van der Waals surface area contributed by atoms with Crippen LogP contribution in [0.2, 0.25) is 0 Å². The molecule has 15 heavy (non-hydrogen) atoms. The first-order chi connectivity index (χ1) is 7.28. The van der Waals surface area contributed by atoms with Gasteiger partial charge in [0.25, 0.3) is 0 Å². The molecule has 2 rings (SSSR count). The summed E-state index contributed by atoms with van der Waals surface area (Å²) in [5, 5.41) is 3.17. The minimum absolute atomic E-state index is 0.314. The van der Waals surface area contributed by atoms with E-state index in [4.69, 9.17) is 4.74 Å². The summed E-state index contributed by atoms with van der Waals surface area (Å²) in [5.74, 6) is 0.0399. The number of nitrogens with zero attached hydrogens (tertiary/aromatic N) is 2. The Hall–Kier alpha value is -1.23. The SMILES string of the molecule is COC1CCC(Nc2cc(F)ncn2)C1. The molecule has 2 unspecified atom stereocenters. The number of aromatic nitrogens is 2. The number of hydrogen-bond acceptors (Lipinski definition) is 4. The van der Waals surface area contributed by atoms with Gasteiger partial charge in [-0.2, -0.15) is 4.39 Å². The van der Waals surface area contributed by atoms with E-state index in [9.17, 15) is 4.39 Å². The van der Waals surface area contributed by atoms with E-state index in [1.807, 2.05) is 0 Å². The molecule has 1 aromatic heterocycles. The smallest absolute Gasteiger partial charge is 0.217 e. The molecule has 1 heterocycles. The monoisotopic (exact) mass is 211 g/mol. The molecule has 0 bridgehead atoms. The van der Waals surface area contributed by atoms with Crippen LogP contribution in [0, 0.1) is 5.95 Å². The molecule has 0 aliphatic heterocycles. The minimum Gasteiger partial charge on any atom is -0.381 e. The van der Waals surface area contributed by atoms with Crippen LogP contribution < -0.4 is 5.32 Å². The first-order valence-corrected chi connectivity index (χ1v) is 5.05. The summed E-state index contributed by atoms with van der Waals surface area (Å²) in [6.45, 7) is 0. The summed E-state index contributed by atoms with van der Waals surface area (Å²) in [7, 11) is 1.72. The first kappa shape index (κ1) is 10.3. The van der Waals surface area contributed by atoms with Gasteiger partial charge >= 0.3 is 0 Å². The van der Waals surface area contributed by atoms with Crippen LogP contribution in [-0.2, 0) is 4.74 Å². The predicted molar refractivity (Wildman–Crippen MR) is 54.0 cm³/mol. The third-order valence-corrected chi connectivity index (χ3v) is 2.70. The van der Waals surface area contributed by atoms with Crippen molar-refractivity contribution in [1.29, 1.82) is 0 Å². The Morgan fingerprint density at radius 1 is 1.47 bits per heavy atom. The highest BCUT2D eigenvalue weighted by Gasteiger charge is 2.24. The second-order valence-electron chi connectivity index (χ2n) is 3.74. The van der Waals surface area contributed by atoms with Crippen LogP contribution in [0.5, 0.6) is 0 Å². The lowest BCUT2D eigenvalue weighted by molar-refractivity contribution is 0.108. The molecule has 1 aliphatic rings. The molecule has 1 aromatic rings. The maximum Gasteiger partial charge on any atom is 0.217 e. The topological polar surface area (TPSA) is 47.0 Å². The zero-order chi connectivity index (χ0) is 10.7. The van der Waals surface area contributed by atoms with E-state index in [1.54, 1.807) is 7.11 Å². The molecular formula is C10H14FN3O. The molecule has 5 heteroatoms. The van der Waals surface area contributed by atoms with Gasteiger partial charge in [0.15, 0.2) is 0 Å². The number of methoxy groups -OCH3 is 1. The normalized spacial score (nSPS) is 25.5. The average molecular weight is 211 g/mol. The van der Waals surface area contributed by atoms with Gasteiger partial charge < -0.3 is 10.1 Å². The molecule has 1 saturated carbocycles. The van der Waals surface area contributed by atoms with Crippen molar-refractivity contribution < 1.29 is 9.13 Å². The Morgan fingerprint density at radius 2 is 2.33 bits per heavy atom. The maximum absolute atomic E-state index is 12.8. The fraction of sp³-hybridized carbons (Fsp3) is 0.600. The molecule has 82 valence electrons. The summed E-state index contributed by atoms with van der Waals surface area (Å²) in [6, 6.07) is 1.63. The van der Waals surface area contributed by atoms with Crippen LogP contribution in [-0.4, -0.2) is 29.2 Å². The summed E-state index contributed by atoms with van der Waals surface area (Å²) in [5.41, 5.74) is 0. The van der Waals surface area contributed by atoms with E-state index in [-0.39, 0.29) is 0 Å². The van der Waals surface area contributed by atoms with Crippen LogP contribution in [0.3, 0.4) is 0 Å². The first-order valence-electron chi connectivity index (χ1n) is 5.05. The summed E-state index contributed by atoms with van der Waals surface area (Å²) in [6.07, 6.45) is 4.56. The molecule has 1 aliphatic carbocycles. The maximum atomic E-state index is 12.8. The van der Waals surface area contributed by atoms with E-state index in [0.717, 1.165) is 19.3 Å². The average Bonchev–Trinajstić information content (AvgIpc) is 2.65. The third kappa shape index (κ3) is 2.62. The van der Waals surface area contributed by atoms with E-state index >= 15 is 0 Å². The van der Waals surface area contributed by atoms with Crippen molar-refractivity contribution in [2.24, 2.45) is 0 Å². The number of ether oxygens (including phenoxy) is 1. The van der Waals surface area contributed by atoms with Crippen molar-refractivity contribution in [1.82, 2.24) is 9.97 Å². The highest BCUT2D eigenvalue weighted by molar-refractivity contribution is 5.33. The third-order valence-electron chi connectivity index (χ3n) is 2.70. The van der Waals surface area contributed by atoms with Crippen LogP contribution in [0.1, 0.15) is 19.3 Å². The molecule has 4 nitrogen and oxygen atoms in total. The van der Waals surface area contributed by atoms with Crippen molar-refractivity contribution in [2.45, 2.75) is 31.4 Å². The number of nitrogens with one attached hydrogen (secondary N) is 1. The lowest BCUT2D eigenvalue weighted by Crippen LogP contribution is -2.18. The van der Waals surface area contributed by atoms with Gasteiger partial charge in [-0.15, -0.1) is 0 Å². The zero-order valence-electron chi connectivity index (χ0n) is 8.61. The van der Waals surface area contributed by atoms with E-state index in [2.05, 4.69) is 15.3 Å². The lowest BCUT2D eigenvalue weighted by atomic mass is 10.2. The molecule has 0 radical (unpaired) electrons. The molecule has 0 spiro atoms. The second-order valence-corrected chi connectivity index (χ2v) is 3.74. The number of halogens is 1. The van der Waals surface area contributed by atoms with Gasteiger partial charge in [-0.25, -0.2) is 9.97 Å². The fourth-order valence-corrected chi connectivity index (χ4v) is 1.91. The highest BCUT2D eigenvalue weighted by Crippen LogP contribution is 2.23. The van der Waals surface area contributed by atoms with Gasteiger partial charge in [0.2, 0.25) is 5.95 Å². The van der Waals surface area contributed by atoms with Gasteiger partial charge in [-0.1, -0.05) is 0 Å². The Bertz CT molecular complexity index is 334. The molecule has 2 atom stereocenters. The fourth-order valence-electron chi connectivity index (χ4n) is 1.91. The van der Waals surface area contributed by atoms with Crippen molar-refractivity contribution >= 4 is 5.82 Å². The van der Waals surface area contributed by atoms with Gasteiger partial charge in [0.05, 0.1) is 6.10 Å². The van der Waals surface area contributed by atoms with E-state index in [0.29, 0.717) is 18.0 Å². The van der Waals surface area contributed by atoms with E-state index < -0.39 is 5.95 Å². The molecule has 1 N–H and O–H groups in total. The minimum atomic E-state index is -0.506. The molecule has 0 saturated heterocycles. The lowest BCUT2D eigenvalue weighted by Gasteiger charge is -2.12. The predicted octanol–water partition coefficient (Wildman–Crippen LogP) is 1.60. The standard InChI is InChI=1S/C10H14FN3O/c1-15-8-3-2-7(4-8)14-10-5-9(11)12-6-13-10/h5-8H,2-4H2,1H3,(H,12,13,14). The van der Waals surface area contributed by atoms with Crippen molar-refractivity contribution in [3.05, 3.63) is 18.3 Å². The van der Waals surface area contributed by atoms with Gasteiger partial charge in [0, 0.05) is 19.2 Å². The Labute approximate surface area is 87.9 Å². The number of anilines is 1. The van der Waals surface area contributed by atoms with Crippen molar-refractivity contribution in [3.63, 3.8) is 0 Å². The van der Waals surface area contributed by atoms with Crippen LogP contribution in [0.25, 0.3) is 0 Å². The van der Waals surface area contributed by atoms with Gasteiger partial charge in [0.1, 0.15) is 12.1 Å². The quantitative estimate of drug-likeness (QED) is 0.771. The Balaban J connectivity index is 1.92.